The van der Waals surface area contributed by atoms with Crippen molar-refractivity contribution in [3.05, 3.63) is 54.1 Å². The van der Waals surface area contributed by atoms with E-state index in [9.17, 15) is 4.79 Å². The van der Waals surface area contributed by atoms with Crippen LogP contribution in [0.15, 0.2) is 53.4 Å². The van der Waals surface area contributed by atoms with Crippen LogP contribution in [-0.2, 0) is 4.79 Å². The van der Waals surface area contributed by atoms with Gasteiger partial charge in [-0.15, -0.1) is 11.8 Å². The van der Waals surface area contributed by atoms with Crippen molar-refractivity contribution in [2.75, 3.05) is 14.2 Å². The predicted molar refractivity (Wildman–Crippen MR) is 97.9 cm³/mol. The molecule has 128 valence electrons. The number of benzene rings is 2. The van der Waals surface area contributed by atoms with Gasteiger partial charge in [0.2, 0.25) is 5.91 Å². The smallest absolute Gasteiger partial charge is 0.233 e. The number of hydrogen-bond acceptors (Lipinski definition) is 4. The number of nitrogens with one attached hydrogen (secondary N) is 1. The van der Waals surface area contributed by atoms with Gasteiger partial charge in [0.25, 0.3) is 0 Å². The van der Waals surface area contributed by atoms with Crippen molar-refractivity contribution in [1.82, 2.24) is 5.32 Å². The highest BCUT2D eigenvalue weighted by Crippen LogP contribution is 2.30. The third kappa shape index (κ3) is 4.68. The number of hydrogen-bond donors (Lipinski definition) is 1. The van der Waals surface area contributed by atoms with E-state index >= 15 is 0 Å². The van der Waals surface area contributed by atoms with E-state index in [1.165, 1.54) is 0 Å². The molecule has 5 heteroatoms. The lowest BCUT2D eigenvalue weighted by atomic mass is 10.1. The van der Waals surface area contributed by atoms with Crippen molar-refractivity contribution < 1.29 is 14.3 Å². The fraction of sp³-hybridized carbons (Fsp3) is 0.316. The van der Waals surface area contributed by atoms with Crippen LogP contribution in [0.3, 0.4) is 0 Å². The molecule has 0 radical (unpaired) electrons. The predicted octanol–water partition coefficient (Wildman–Crippen LogP) is 4.06. The zero-order chi connectivity index (χ0) is 17.5. The van der Waals surface area contributed by atoms with Gasteiger partial charge in [0.05, 0.1) is 25.5 Å². The Morgan fingerprint density at radius 1 is 1.00 bits per heavy atom. The number of carbonyl (C=O) groups is 1. The number of amides is 1. The van der Waals surface area contributed by atoms with Crippen LogP contribution in [0.5, 0.6) is 11.5 Å². The molecule has 0 heterocycles. The highest BCUT2D eigenvalue weighted by Gasteiger charge is 2.18. The molecule has 2 unspecified atom stereocenters. The van der Waals surface area contributed by atoms with Crippen LogP contribution < -0.4 is 14.8 Å². The summed E-state index contributed by atoms with van der Waals surface area (Å²) >= 11 is 1.55. The summed E-state index contributed by atoms with van der Waals surface area (Å²) in [4.78, 5) is 13.5. The Bertz CT molecular complexity index is 676. The van der Waals surface area contributed by atoms with Gasteiger partial charge >= 0.3 is 0 Å². The minimum atomic E-state index is -0.171. The third-order valence-corrected chi connectivity index (χ3v) is 4.80. The SMILES string of the molecule is COc1ccc(C(C)NC(=O)C(C)Sc2ccccc2)cc1OC. The van der Waals surface area contributed by atoms with Crippen LogP contribution in [0, 0.1) is 0 Å². The fourth-order valence-corrected chi connectivity index (χ4v) is 3.19. The Labute approximate surface area is 147 Å². The minimum Gasteiger partial charge on any atom is -0.493 e. The summed E-state index contributed by atoms with van der Waals surface area (Å²) in [5.41, 5.74) is 0.970. The molecular formula is C19H23NO3S. The first-order valence-electron chi connectivity index (χ1n) is 7.79. The number of thioether (sulfide) groups is 1. The maximum absolute atomic E-state index is 12.4. The molecule has 1 amide bonds. The molecule has 2 atom stereocenters. The van der Waals surface area contributed by atoms with E-state index in [1.807, 2.05) is 62.4 Å². The summed E-state index contributed by atoms with van der Waals surface area (Å²) in [6, 6.07) is 15.5. The van der Waals surface area contributed by atoms with Gasteiger partial charge in [-0.3, -0.25) is 4.79 Å². The van der Waals surface area contributed by atoms with Crippen LogP contribution in [0.25, 0.3) is 0 Å². The average molecular weight is 345 g/mol. The lowest BCUT2D eigenvalue weighted by Gasteiger charge is -2.19. The largest absolute Gasteiger partial charge is 0.493 e. The van der Waals surface area contributed by atoms with Crippen LogP contribution in [-0.4, -0.2) is 25.4 Å². The van der Waals surface area contributed by atoms with Gasteiger partial charge in [-0.05, 0) is 43.7 Å². The molecule has 2 rings (SSSR count). The van der Waals surface area contributed by atoms with Crippen molar-refractivity contribution in [3.63, 3.8) is 0 Å². The van der Waals surface area contributed by atoms with Crippen LogP contribution in [0.1, 0.15) is 25.5 Å². The van der Waals surface area contributed by atoms with Gasteiger partial charge in [-0.25, -0.2) is 0 Å². The number of rotatable bonds is 7. The number of carbonyl (C=O) groups excluding carboxylic acids is 1. The molecule has 0 saturated carbocycles. The van der Waals surface area contributed by atoms with E-state index in [1.54, 1.807) is 26.0 Å². The zero-order valence-corrected chi connectivity index (χ0v) is 15.2. The van der Waals surface area contributed by atoms with E-state index < -0.39 is 0 Å². The first-order chi connectivity index (χ1) is 11.5. The highest BCUT2D eigenvalue weighted by atomic mass is 32.2. The lowest BCUT2D eigenvalue weighted by molar-refractivity contribution is -0.120. The second-order valence-corrected chi connectivity index (χ2v) is 6.83. The van der Waals surface area contributed by atoms with Crippen molar-refractivity contribution in [2.45, 2.75) is 30.0 Å². The molecule has 0 aliphatic heterocycles. The fourth-order valence-electron chi connectivity index (χ4n) is 2.29. The molecule has 0 aliphatic carbocycles. The van der Waals surface area contributed by atoms with E-state index in [4.69, 9.17) is 9.47 Å². The summed E-state index contributed by atoms with van der Waals surface area (Å²) in [7, 11) is 3.20. The molecule has 2 aromatic rings. The van der Waals surface area contributed by atoms with E-state index in [0.29, 0.717) is 11.5 Å². The highest BCUT2D eigenvalue weighted by molar-refractivity contribution is 8.00. The number of methoxy groups -OCH3 is 2. The van der Waals surface area contributed by atoms with Crippen molar-refractivity contribution in [1.29, 1.82) is 0 Å². The number of ether oxygens (including phenoxy) is 2. The molecule has 24 heavy (non-hydrogen) atoms. The lowest BCUT2D eigenvalue weighted by Crippen LogP contribution is -2.33. The Balaban J connectivity index is 2.00. The normalized spacial score (nSPS) is 13.0. The minimum absolute atomic E-state index is 0.00568. The van der Waals surface area contributed by atoms with Crippen LogP contribution in [0.2, 0.25) is 0 Å². The molecule has 1 N–H and O–H groups in total. The molecule has 0 saturated heterocycles. The molecule has 2 aromatic carbocycles. The van der Waals surface area contributed by atoms with Crippen LogP contribution in [0.4, 0.5) is 0 Å². The van der Waals surface area contributed by atoms with E-state index in [2.05, 4.69) is 5.32 Å². The van der Waals surface area contributed by atoms with Gasteiger partial charge in [-0.1, -0.05) is 24.3 Å². The quantitative estimate of drug-likeness (QED) is 0.769. The summed E-state index contributed by atoms with van der Waals surface area (Å²) in [5, 5.41) is 2.88. The molecule has 0 aromatic heterocycles. The Morgan fingerprint density at radius 2 is 1.67 bits per heavy atom. The second-order valence-electron chi connectivity index (χ2n) is 5.42. The summed E-state index contributed by atoms with van der Waals surface area (Å²) in [5.74, 6) is 1.33. The Morgan fingerprint density at radius 3 is 2.29 bits per heavy atom. The van der Waals surface area contributed by atoms with Gasteiger partial charge < -0.3 is 14.8 Å². The molecule has 0 spiro atoms. The monoisotopic (exact) mass is 345 g/mol. The van der Waals surface area contributed by atoms with E-state index in [0.717, 1.165) is 10.5 Å². The topological polar surface area (TPSA) is 47.6 Å². The first kappa shape index (κ1) is 18.2. The van der Waals surface area contributed by atoms with Crippen LogP contribution >= 0.6 is 11.8 Å². The molecular weight excluding hydrogens is 322 g/mol. The van der Waals surface area contributed by atoms with Crippen molar-refractivity contribution in [2.24, 2.45) is 0 Å². The summed E-state index contributed by atoms with van der Waals surface area (Å²) in [6.07, 6.45) is 0. The van der Waals surface area contributed by atoms with Crippen molar-refractivity contribution in [3.8, 4) is 11.5 Å². The Hall–Kier alpha value is -2.14. The molecule has 0 fully saturated rings. The molecule has 4 nitrogen and oxygen atoms in total. The standard InChI is InChI=1S/C19H23NO3S/c1-13(15-10-11-17(22-3)18(12-15)23-4)20-19(21)14(2)24-16-8-6-5-7-9-16/h5-14H,1-4H3,(H,20,21). The first-order valence-corrected chi connectivity index (χ1v) is 8.67. The summed E-state index contributed by atoms with van der Waals surface area (Å²) in [6.45, 7) is 3.87. The van der Waals surface area contributed by atoms with Gasteiger partial charge in [0, 0.05) is 4.90 Å². The molecule has 0 bridgehead atoms. The van der Waals surface area contributed by atoms with Gasteiger partial charge in [-0.2, -0.15) is 0 Å². The molecule has 0 aliphatic rings. The van der Waals surface area contributed by atoms with Gasteiger partial charge in [0.15, 0.2) is 11.5 Å². The maximum Gasteiger partial charge on any atom is 0.233 e. The maximum atomic E-state index is 12.4. The summed E-state index contributed by atoms with van der Waals surface area (Å²) < 4.78 is 10.6. The van der Waals surface area contributed by atoms with E-state index in [-0.39, 0.29) is 17.2 Å². The third-order valence-electron chi connectivity index (χ3n) is 3.69. The zero-order valence-electron chi connectivity index (χ0n) is 14.4. The van der Waals surface area contributed by atoms with Crippen molar-refractivity contribution >= 4 is 17.7 Å². The Kier molecular flexibility index (Phi) is 6.55. The average Bonchev–Trinajstić information content (AvgIpc) is 2.61. The second kappa shape index (κ2) is 8.64. The van der Waals surface area contributed by atoms with Gasteiger partial charge in [0.1, 0.15) is 0 Å².